The summed E-state index contributed by atoms with van der Waals surface area (Å²) >= 11 is 1.54. The number of nitrogens with one attached hydrogen (secondary N) is 1. The van der Waals surface area contributed by atoms with Gasteiger partial charge < -0.3 is 29.9 Å². The molecule has 1 unspecified atom stereocenters. The first kappa shape index (κ1) is 24.1. The lowest BCUT2D eigenvalue weighted by molar-refractivity contribution is -0.134. The van der Waals surface area contributed by atoms with Gasteiger partial charge in [0.15, 0.2) is 0 Å². The fourth-order valence-corrected chi connectivity index (χ4v) is 3.06. The third-order valence-electron chi connectivity index (χ3n) is 3.81. The van der Waals surface area contributed by atoms with Crippen molar-refractivity contribution < 1.29 is 34.2 Å². The monoisotopic (exact) mass is 448 g/mol. The lowest BCUT2D eigenvalue weighted by Gasteiger charge is -2.15. The zero-order chi connectivity index (χ0) is 22.8. The minimum Gasteiger partial charge on any atom is -0.491 e. The molecule has 9 nitrogen and oxygen atoms in total. The Balaban J connectivity index is 0.000000366. The number of aromatic nitrogens is 1. The van der Waals surface area contributed by atoms with E-state index in [-0.39, 0.29) is 6.61 Å². The van der Waals surface area contributed by atoms with E-state index in [0.29, 0.717) is 24.7 Å². The van der Waals surface area contributed by atoms with Crippen molar-refractivity contribution in [2.24, 2.45) is 0 Å². The van der Waals surface area contributed by atoms with Crippen molar-refractivity contribution >= 4 is 33.6 Å². The summed E-state index contributed by atoms with van der Waals surface area (Å²) in [6, 6.07) is 10.0. The minimum absolute atomic E-state index is 0.262. The average molecular weight is 448 g/mol. The van der Waals surface area contributed by atoms with Crippen LogP contribution in [0, 0.1) is 0 Å². The van der Waals surface area contributed by atoms with Gasteiger partial charge in [0, 0.05) is 30.3 Å². The third kappa shape index (κ3) is 8.21. The number of benzene rings is 1. The molecule has 0 aliphatic carbocycles. The standard InChI is InChI=1S/C17H20N2O3S.C4H4O4/c1-11(2)18-9-13(20)10-21-14-5-3-12(4-6-14)16-15-7-8-23-17(15)22-19-16;5-3(6)1-2-4(7)8/h3-8,11,13,18,20H,9-10H2,1-2H3;1-2H,(H,5,6)(H,7,8)/b;2-1-. The molecule has 166 valence electrons. The number of ether oxygens (including phenoxy) is 1. The van der Waals surface area contributed by atoms with E-state index in [2.05, 4.69) is 10.5 Å². The lowest BCUT2D eigenvalue weighted by atomic mass is 10.1. The summed E-state index contributed by atoms with van der Waals surface area (Å²) in [5.74, 6) is -1.79. The van der Waals surface area contributed by atoms with Crippen LogP contribution in [0.2, 0.25) is 0 Å². The Morgan fingerprint density at radius 3 is 2.39 bits per heavy atom. The van der Waals surface area contributed by atoms with E-state index < -0.39 is 18.0 Å². The number of carboxylic acids is 2. The van der Waals surface area contributed by atoms with E-state index in [0.717, 1.165) is 27.3 Å². The smallest absolute Gasteiger partial charge is 0.328 e. The molecule has 0 aliphatic rings. The van der Waals surface area contributed by atoms with E-state index in [9.17, 15) is 14.7 Å². The molecule has 0 spiro atoms. The Labute approximate surface area is 182 Å². The van der Waals surface area contributed by atoms with Crippen LogP contribution in [0.4, 0.5) is 0 Å². The summed E-state index contributed by atoms with van der Waals surface area (Å²) in [4.78, 5) is 19.9. The molecule has 10 heteroatoms. The molecule has 1 atom stereocenters. The molecular weight excluding hydrogens is 424 g/mol. The first-order valence-electron chi connectivity index (χ1n) is 9.37. The van der Waals surface area contributed by atoms with Crippen LogP contribution in [-0.4, -0.2) is 57.7 Å². The fraction of sp³-hybridized carbons (Fsp3) is 0.286. The number of aliphatic carboxylic acids is 2. The summed E-state index contributed by atoms with van der Waals surface area (Å²) < 4.78 is 10.9. The van der Waals surface area contributed by atoms with Crippen molar-refractivity contribution in [1.82, 2.24) is 10.5 Å². The molecule has 3 rings (SSSR count). The summed E-state index contributed by atoms with van der Waals surface area (Å²) in [6.07, 6.45) is 0.586. The molecule has 1 aromatic carbocycles. The van der Waals surface area contributed by atoms with Gasteiger partial charge in [0.1, 0.15) is 24.2 Å². The average Bonchev–Trinajstić information content (AvgIpc) is 3.34. The third-order valence-corrected chi connectivity index (χ3v) is 4.59. The quantitative estimate of drug-likeness (QED) is 0.363. The number of fused-ring (bicyclic) bond motifs is 1. The van der Waals surface area contributed by atoms with Gasteiger partial charge in [-0.3, -0.25) is 0 Å². The van der Waals surface area contributed by atoms with Gasteiger partial charge in [-0.1, -0.05) is 19.0 Å². The van der Waals surface area contributed by atoms with E-state index >= 15 is 0 Å². The van der Waals surface area contributed by atoms with Crippen LogP contribution < -0.4 is 10.1 Å². The van der Waals surface area contributed by atoms with Gasteiger partial charge in [0.05, 0.1) is 5.39 Å². The second kappa shape index (κ2) is 11.8. The zero-order valence-electron chi connectivity index (χ0n) is 17.0. The van der Waals surface area contributed by atoms with Crippen LogP contribution in [0.15, 0.2) is 52.4 Å². The summed E-state index contributed by atoms with van der Waals surface area (Å²) in [5.41, 5.74) is 1.82. The maximum absolute atomic E-state index is 9.85. The summed E-state index contributed by atoms with van der Waals surface area (Å²) in [6.45, 7) is 4.87. The first-order chi connectivity index (χ1) is 14.8. The predicted octanol–water partition coefficient (Wildman–Crippen LogP) is 3.01. The van der Waals surface area contributed by atoms with Gasteiger partial charge in [0.2, 0.25) is 4.90 Å². The number of hydrogen-bond acceptors (Lipinski definition) is 8. The van der Waals surface area contributed by atoms with Crippen LogP contribution in [0.1, 0.15) is 13.8 Å². The molecule has 3 aromatic rings. The Morgan fingerprint density at radius 2 is 1.81 bits per heavy atom. The lowest BCUT2D eigenvalue weighted by Crippen LogP contribution is -2.35. The van der Waals surface area contributed by atoms with Gasteiger partial charge in [0.25, 0.3) is 0 Å². The molecule has 0 radical (unpaired) electrons. The fourth-order valence-electron chi connectivity index (χ4n) is 2.36. The van der Waals surface area contributed by atoms with Gasteiger partial charge in [-0.2, -0.15) is 0 Å². The van der Waals surface area contributed by atoms with E-state index in [1.54, 1.807) is 0 Å². The largest absolute Gasteiger partial charge is 0.491 e. The van der Waals surface area contributed by atoms with E-state index in [4.69, 9.17) is 19.5 Å². The van der Waals surface area contributed by atoms with Gasteiger partial charge >= 0.3 is 11.9 Å². The number of nitrogens with zero attached hydrogens (tertiary/aromatic N) is 1. The SMILES string of the molecule is CC(C)NCC(O)COc1ccc(-c2noc3sccc23)cc1.O=C(O)/C=C\C(=O)O. The molecule has 0 bridgehead atoms. The maximum Gasteiger partial charge on any atom is 0.328 e. The number of rotatable bonds is 9. The second-order valence-corrected chi connectivity index (χ2v) is 7.59. The molecule has 0 amide bonds. The Hall–Kier alpha value is -3.21. The first-order valence-corrected chi connectivity index (χ1v) is 10.3. The van der Waals surface area contributed by atoms with E-state index in [1.165, 1.54) is 11.3 Å². The molecule has 2 aromatic heterocycles. The maximum atomic E-state index is 9.85. The summed E-state index contributed by atoms with van der Waals surface area (Å²) in [7, 11) is 0. The normalized spacial score (nSPS) is 12.0. The Morgan fingerprint density at radius 1 is 1.16 bits per heavy atom. The number of aliphatic hydroxyl groups is 1. The number of carboxylic acid groups (broad SMARTS) is 2. The predicted molar refractivity (Wildman–Crippen MR) is 116 cm³/mol. The number of thiophene rings is 1. The van der Waals surface area contributed by atoms with Crippen molar-refractivity contribution in [3.8, 4) is 17.0 Å². The van der Waals surface area contributed by atoms with Gasteiger partial charge in [-0.15, -0.1) is 11.3 Å². The molecule has 31 heavy (non-hydrogen) atoms. The molecule has 2 heterocycles. The molecular formula is C21H24N2O7S. The summed E-state index contributed by atoms with van der Waals surface area (Å²) in [5, 5.41) is 35.8. The van der Waals surface area contributed by atoms with Crippen molar-refractivity contribution in [3.05, 3.63) is 47.9 Å². The van der Waals surface area contributed by atoms with Crippen LogP contribution >= 0.6 is 11.3 Å². The Bertz CT molecular complexity index is 992. The highest BCUT2D eigenvalue weighted by Gasteiger charge is 2.11. The van der Waals surface area contributed by atoms with Crippen molar-refractivity contribution in [3.63, 3.8) is 0 Å². The molecule has 0 fully saturated rings. The number of hydrogen-bond donors (Lipinski definition) is 4. The Kier molecular flexibility index (Phi) is 9.19. The minimum atomic E-state index is -1.26. The molecule has 0 saturated carbocycles. The van der Waals surface area contributed by atoms with Crippen LogP contribution in [0.25, 0.3) is 21.5 Å². The van der Waals surface area contributed by atoms with Gasteiger partial charge in [-0.25, -0.2) is 9.59 Å². The van der Waals surface area contributed by atoms with Crippen molar-refractivity contribution in [2.45, 2.75) is 26.0 Å². The van der Waals surface area contributed by atoms with Gasteiger partial charge in [-0.05, 0) is 35.7 Å². The second-order valence-electron chi connectivity index (χ2n) is 6.71. The highest BCUT2D eigenvalue weighted by molar-refractivity contribution is 7.16. The van der Waals surface area contributed by atoms with Crippen LogP contribution in [0.3, 0.4) is 0 Å². The van der Waals surface area contributed by atoms with Crippen molar-refractivity contribution in [1.29, 1.82) is 0 Å². The van der Waals surface area contributed by atoms with Crippen molar-refractivity contribution in [2.75, 3.05) is 13.2 Å². The van der Waals surface area contributed by atoms with Crippen LogP contribution in [-0.2, 0) is 9.59 Å². The van der Waals surface area contributed by atoms with Crippen LogP contribution in [0.5, 0.6) is 5.75 Å². The highest BCUT2D eigenvalue weighted by atomic mass is 32.1. The number of carbonyl (C=O) groups is 2. The van der Waals surface area contributed by atoms with E-state index in [1.807, 2.05) is 49.6 Å². The highest BCUT2D eigenvalue weighted by Crippen LogP contribution is 2.31. The molecule has 4 N–H and O–H groups in total. The molecule has 0 saturated heterocycles. The zero-order valence-corrected chi connectivity index (χ0v) is 17.8. The topological polar surface area (TPSA) is 142 Å². The molecule has 0 aliphatic heterocycles. The number of aliphatic hydroxyl groups excluding tert-OH is 1.